The minimum absolute atomic E-state index is 0.0235. The summed E-state index contributed by atoms with van der Waals surface area (Å²) in [7, 11) is 1.47. The first-order valence-electron chi connectivity index (χ1n) is 3.99. The smallest absolute Gasteiger partial charge is 0.251 e. The summed E-state index contributed by atoms with van der Waals surface area (Å²) in [6, 6.07) is 0. The topological polar surface area (TPSA) is 58.4 Å². The second-order valence-electron chi connectivity index (χ2n) is 2.73. The van der Waals surface area contributed by atoms with Gasteiger partial charge in [0.05, 0.1) is 13.1 Å². The van der Waals surface area contributed by atoms with Gasteiger partial charge in [-0.05, 0) is 7.05 Å². The average molecular weight is 195 g/mol. The third-order valence-electron chi connectivity index (χ3n) is 1.33. The molecule has 4 nitrogen and oxygen atoms in total. The van der Waals surface area contributed by atoms with Crippen molar-refractivity contribution in [1.29, 1.82) is 0 Å². The normalized spacial score (nSPS) is 10.9. The van der Waals surface area contributed by atoms with Crippen LogP contribution < -0.4 is 11.1 Å². The molecule has 0 aromatic rings. The summed E-state index contributed by atoms with van der Waals surface area (Å²) >= 11 is 0. The van der Waals surface area contributed by atoms with Gasteiger partial charge in [0.1, 0.15) is 0 Å². The maximum atomic E-state index is 11.8. The van der Waals surface area contributed by atoms with Crippen LogP contribution in [0.3, 0.4) is 0 Å². The molecule has 0 atom stereocenters. The van der Waals surface area contributed by atoms with Crippen molar-refractivity contribution in [2.75, 3.05) is 33.2 Å². The summed E-state index contributed by atoms with van der Waals surface area (Å²) in [4.78, 5) is 12.2. The number of hydrogen-bond acceptors (Lipinski definition) is 3. The van der Waals surface area contributed by atoms with E-state index in [4.69, 9.17) is 5.73 Å². The zero-order valence-electron chi connectivity index (χ0n) is 7.59. The highest BCUT2D eigenvalue weighted by Crippen LogP contribution is 1.94. The lowest BCUT2D eigenvalue weighted by Crippen LogP contribution is -2.38. The number of likely N-dealkylation sites (N-methyl/N-ethyl adjacent to an activating group) is 1. The number of nitrogens with one attached hydrogen (secondary N) is 1. The number of rotatable bonds is 6. The Morgan fingerprint density at radius 2 is 2.23 bits per heavy atom. The van der Waals surface area contributed by atoms with Crippen molar-refractivity contribution >= 4 is 5.91 Å². The van der Waals surface area contributed by atoms with Crippen molar-refractivity contribution < 1.29 is 13.6 Å². The molecule has 0 aliphatic heterocycles. The van der Waals surface area contributed by atoms with Gasteiger partial charge in [-0.25, -0.2) is 8.78 Å². The molecule has 0 saturated heterocycles. The molecule has 0 aromatic heterocycles. The van der Waals surface area contributed by atoms with Crippen molar-refractivity contribution in [3.8, 4) is 0 Å². The first-order valence-corrected chi connectivity index (χ1v) is 3.99. The Morgan fingerprint density at radius 1 is 1.62 bits per heavy atom. The van der Waals surface area contributed by atoms with Gasteiger partial charge in [0.25, 0.3) is 6.43 Å². The number of hydrogen-bond donors (Lipinski definition) is 2. The zero-order chi connectivity index (χ0) is 10.3. The molecular formula is C7H15F2N3O. The number of nitrogens with zero attached hydrogens (tertiary/aromatic N) is 1. The number of nitrogens with two attached hydrogens (primary N) is 1. The third-order valence-corrected chi connectivity index (χ3v) is 1.33. The van der Waals surface area contributed by atoms with E-state index in [1.54, 1.807) is 0 Å². The lowest BCUT2D eigenvalue weighted by molar-refractivity contribution is -0.122. The van der Waals surface area contributed by atoms with Gasteiger partial charge in [0.15, 0.2) is 0 Å². The molecule has 3 N–H and O–H groups in total. The van der Waals surface area contributed by atoms with E-state index in [0.29, 0.717) is 13.1 Å². The van der Waals surface area contributed by atoms with Gasteiger partial charge in [-0.2, -0.15) is 0 Å². The minimum atomic E-state index is -2.41. The molecule has 0 spiro atoms. The second kappa shape index (κ2) is 6.73. The van der Waals surface area contributed by atoms with Crippen LogP contribution in [0.2, 0.25) is 0 Å². The quantitative estimate of drug-likeness (QED) is 0.587. The van der Waals surface area contributed by atoms with Gasteiger partial charge < -0.3 is 11.1 Å². The summed E-state index contributed by atoms with van der Waals surface area (Å²) in [6.07, 6.45) is -2.41. The van der Waals surface area contributed by atoms with Crippen LogP contribution >= 0.6 is 0 Å². The van der Waals surface area contributed by atoms with Gasteiger partial charge in [-0.3, -0.25) is 9.69 Å². The molecule has 0 saturated carbocycles. The molecular weight excluding hydrogens is 180 g/mol. The van der Waals surface area contributed by atoms with E-state index in [-0.39, 0.29) is 12.5 Å². The molecule has 0 fully saturated rings. The van der Waals surface area contributed by atoms with Crippen LogP contribution in [0.15, 0.2) is 0 Å². The fourth-order valence-corrected chi connectivity index (χ4v) is 0.813. The van der Waals surface area contributed by atoms with E-state index >= 15 is 0 Å². The summed E-state index contributed by atoms with van der Waals surface area (Å²) in [5, 5.41) is 2.49. The molecule has 6 heteroatoms. The second-order valence-corrected chi connectivity index (χ2v) is 2.73. The number of halogens is 2. The van der Waals surface area contributed by atoms with Crippen LogP contribution in [-0.2, 0) is 4.79 Å². The Kier molecular flexibility index (Phi) is 6.34. The largest absolute Gasteiger partial charge is 0.354 e. The summed E-state index contributed by atoms with van der Waals surface area (Å²) in [5.74, 6) is -0.284. The molecule has 0 bridgehead atoms. The average Bonchev–Trinajstić information content (AvgIpc) is 1.98. The van der Waals surface area contributed by atoms with E-state index < -0.39 is 13.0 Å². The van der Waals surface area contributed by atoms with Crippen LogP contribution in [0.5, 0.6) is 0 Å². The van der Waals surface area contributed by atoms with Crippen LogP contribution in [0.4, 0.5) is 8.78 Å². The van der Waals surface area contributed by atoms with Crippen LogP contribution in [0.25, 0.3) is 0 Å². The molecule has 0 aromatic carbocycles. The van der Waals surface area contributed by atoms with Gasteiger partial charge >= 0.3 is 0 Å². The maximum absolute atomic E-state index is 11.8. The molecule has 0 radical (unpaired) electrons. The van der Waals surface area contributed by atoms with Crippen LogP contribution in [0.1, 0.15) is 0 Å². The predicted molar refractivity (Wildman–Crippen MR) is 45.6 cm³/mol. The summed E-state index contributed by atoms with van der Waals surface area (Å²) < 4.78 is 23.6. The van der Waals surface area contributed by atoms with Crippen molar-refractivity contribution in [3.63, 3.8) is 0 Å². The van der Waals surface area contributed by atoms with E-state index in [0.717, 1.165) is 0 Å². The predicted octanol–water partition coefficient (Wildman–Crippen LogP) is -0.742. The first kappa shape index (κ1) is 12.2. The molecule has 1 amide bonds. The Bertz CT molecular complexity index is 155. The van der Waals surface area contributed by atoms with E-state index in [1.165, 1.54) is 11.9 Å². The molecule has 78 valence electrons. The lowest BCUT2D eigenvalue weighted by Gasteiger charge is -2.14. The van der Waals surface area contributed by atoms with Gasteiger partial charge in [-0.15, -0.1) is 0 Å². The minimum Gasteiger partial charge on any atom is -0.354 e. The number of carbonyl (C=O) groups is 1. The van der Waals surface area contributed by atoms with Crippen molar-refractivity contribution in [2.45, 2.75) is 6.43 Å². The Balaban J connectivity index is 3.53. The standard InChI is InChI=1S/C7H15F2N3O/c1-12(4-6(8)9)5-7(13)11-3-2-10/h6H,2-5,10H2,1H3,(H,11,13). The molecule has 13 heavy (non-hydrogen) atoms. The third kappa shape index (κ3) is 7.61. The van der Waals surface area contributed by atoms with Gasteiger partial charge in [0.2, 0.25) is 5.91 Å². The van der Waals surface area contributed by atoms with E-state index in [9.17, 15) is 13.6 Å². The zero-order valence-corrected chi connectivity index (χ0v) is 7.59. The van der Waals surface area contributed by atoms with Crippen molar-refractivity contribution in [2.24, 2.45) is 5.73 Å². The highest BCUT2D eigenvalue weighted by molar-refractivity contribution is 5.77. The molecule has 0 rings (SSSR count). The molecule has 0 aliphatic carbocycles. The first-order chi connectivity index (χ1) is 6.06. The monoisotopic (exact) mass is 195 g/mol. The SMILES string of the molecule is CN(CC(=O)NCCN)CC(F)F. The lowest BCUT2D eigenvalue weighted by atomic mass is 10.4. The Hall–Kier alpha value is -0.750. The highest BCUT2D eigenvalue weighted by Gasteiger charge is 2.10. The van der Waals surface area contributed by atoms with Crippen molar-refractivity contribution in [3.05, 3.63) is 0 Å². The summed E-state index contributed by atoms with van der Waals surface area (Å²) in [5.41, 5.74) is 5.14. The fourth-order valence-electron chi connectivity index (χ4n) is 0.813. The number of carbonyl (C=O) groups excluding carboxylic acids is 1. The number of amides is 1. The van der Waals surface area contributed by atoms with E-state index in [1.807, 2.05) is 0 Å². The van der Waals surface area contributed by atoms with Crippen molar-refractivity contribution in [1.82, 2.24) is 10.2 Å². The summed E-state index contributed by atoms with van der Waals surface area (Å²) in [6.45, 7) is 0.312. The Morgan fingerprint density at radius 3 is 2.69 bits per heavy atom. The van der Waals surface area contributed by atoms with Crippen LogP contribution in [0, 0.1) is 0 Å². The van der Waals surface area contributed by atoms with E-state index in [2.05, 4.69) is 5.32 Å². The number of alkyl halides is 2. The molecule has 0 unspecified atom stereocenters. The van der Waals surface area contributed by atoms with Gasteiger partial charge in [-0.1, -0.05) is 0 Å². The maximum Gasteiger partial charge on any atom is 0.251 e. The fraction of sp³-hybridized carbons (Fsp3) is 0.857. The Labute approximate surface area is 76.1 Å². The molecule has 0 aliphatic rings. The molecule has 0 heterocycles. The highest BCUT2D eigenvalue weighted by atomic mass is 19.3. The van der Waals surface area contributed by atoms with Gasteiger partial charge in [0, 0.05) is 13.1 Å². The van der Waals surface area contributed by atoms with Crippen LogP contribution in [-0.4, -0.2) is 50.5 Å².